The van der Waals surface area contributed by atoms with Gasteiger partial charge in [-0.05, 0) is 37.9 Å². The number of H-pyrrole nitrogens is 1. The van der Waals surface area contributed by atoms with Crippen molar-refractivity contribution >= 4 is 12.2 Å². The van der Waals surface area contributed by atoms with Crippen molar-refractivity contribution in [1.29, 1.82) is 0 Å². The van der Waals surface area contributed by atoms with Gasteiger partial charge in [0.1, 0.15) is 0 Å². The van der Waals surface area contributed by atoms with Crippen LogP contribution < -0.4 is 0 Å². The van der Waals surface area contributed by atoms with E-state index in [1.54, 1.807) is 0 Å². The van der Waals surface area contributed by atoms with E-state index in [9.17, 15) is 0 Å². The summed E-state index contributed by atoms with van der Waals surface area (Å²) < 4.78 is 8.81. The number of hydrogen-bond donors (Lipinski definition) is 1. The monoisotopic (exact) mass is 240 g/mol. The average Bonchev–Trinajstić information content (AvgIpc) is 2.76. The predicted octanol–water partition coefficient (Wildman–Crippen LogP) is 3.24. The summed E-state index contributed by atoms with van der Waals surface area (Å²) in [6, 6.07) is 0. The Kier molecular flexibility index (Phi) is 3.22. The summed E-state index contributed by atoms with van der Waals surface area (Å²) in [5.74, 6) is 0.484. The topological polar surface area (TPSA) is 29.9 Å². The van der Waals surface area contributed by atoms with Gasteiger partial charge in [0.25, 0.3) is 0 Å². The quantitative estimate of drug-likeness (QED) is 0.822. The Morgan fingerprint density at radius 2 is 2.38 bits per heavy atom. The van der Waals surface area contributed by atoms with Gasteiger partial charge in [-0.15, -0.1) is 0 Å². The minimum atomic E-state index is -0.0376. The fourth-order valence-electron chi connectivity index (χ4n) is 2.35. The molecule has 1 unspecified atom stereocenters. The third-order valence-electron chi connectivity index (χ3n) is 3.28. The first kappa shape index (κ1) is 11.9. The number of ether oxygens (including phenoxy) is 1. The van der Waals surface area contributed by atoms with Gasteiger partial charge < -0.3 is 14.3 Å². The van der Waals surface area contributed by atoms with Gasteiger partial charge >= 0.3 is 0 Å². The van der Waals surface area contributed by atoms with Crippen LogP contribution in [0.4, 0.5) is 0 Å². The summed E-state index contributed by atoms with van der Waals surface area (Å²) in [6.45, 7) is 8.30. The van der Waals surface area contributed by atoms with Gasteiger partial charge in [0.05, 0.1) is 12.1 Å². The minimum absolute atomic E-state index is 0.0376. The van der Waals surface area contributed by atoms with Crippen LogP contribution in [-0.4, -0.2) is 21.8 Å². The lowest BCUT2D eigenvalue weighted by atomic mass is 10.0. The van der Waals surface area contributed by atoms with Gasteiger partial charge in [-0.1, -0.05) is 13.8 Å². The lowest BCUT2D eigenvalue weighted by molar-refractivity contribution is 0.00527. The SMILES string of the molecule is CC(C)c1c[nH]c(=S)n1CC1(C)CCCO1. The highest BCUT2D eigenvalue weighted by Gasteiger charge is 2.31. The number of rotatable bonds is 3. The van der Waals surface area contributed by atoms with E-state index >= 15 is 0 Å². The highest BCUT2D eigenvalue weighted by molar-refractivity contribution is 7.71. The molecule has 0 amide bonds. The number of nitrogens with one attached hydrogen (secondary N) is 1. The third kappa shape index (κ3) is 2.23. The zero-order valence-corrected chi connectivity index (χ0v) is 11.1. The fraction of sp³-hybridized carbons (Fsp3) is 0.750. The Labute approximate surface area is 102 Å². The van der Waals surface area contributed by atoms with E-state index in [0.29, 0.717) is 5.92 Å². The molecule has 3 nitrogen and oxygen atoms in total. The molecule has 1 aliphatic heterocycles. The first-order valence-electron chi connectivity index (χ1n) is 5.94. The molecule has 2 rings (SSSR count). The predicted molar refractivity (Wildman–Crippen MR) is 67.3 cm³/mol. The summed E-state index contributed by atoms with van der Waals surface area (Å²) in [5, 5.41) is 0. The first-order valence-corrected chi connectivity index (χ1v) is 6.35. The van der Waals surface area contributed by atoms with E-state index in [1.165, 1.54) is 5.69 Å². The van der Waals surface area contributed by atoms with Crippen LogP contribution in [0.2, 0.25) is 0 Å². The van der Waals surface area contributed by atoms with Crippen molar-refractivity contribution in [3.63, 3.8) is 0 Å². The van der Waals surface area contributed by atoms with Crippen LogP contribution in [0.25, 0.3) is 0 Å². The molecule has 0 saturated carbocycles. The number of hydrogen-bond acceptors (Lipinski definition) is 2. The maximum atomic E-state index is 5.82. The van der Waals surface area contributed by atoms with Gasteiger partial charge in [0, 0.05) is 18.5 Å². The van der Waals surface area contributed by atoms with Crippen molar-refractivity contribution in [2.45, 2.75) is 51.7 Å². The molecule has 0 bridgehead atoms. The smallest absolute Gasteiger partial charge is 0.177 e. The maximum Gasteiger partial charge on any atom is 0.177 e. The van der Waals surface area contributed by atoms with E-state index in [0.717, 1.165) is 30.8 Å². The van der Waals surface area contributed by atoms with E-state index < -0.39 is 0 Å². The number of aromatic amines is 1. The Morgan fingerprint density at radius 1 is 1.62 bits per heavy atom. The van der Waals surface area contributed by atoms with Crippen LogP contribution in [0.1, 0.15) is 45.2 Å². The normalized spacial score (nSPS) is 25.5. The molecule has 90 valence electrons. The molecule has 1 aromatic heterocycles. The molecule has 4 heteroatoms. The zero-order valence-electron chi connectivity index (χ0n) is 10.2. The molecule has 1 aliphatic rings. The van der Waals surface area contributed by atoms with Gasteiger partial charge in [-0.25, -0.2) is 0 Å². The molecule has 2 heterocycles. The van der Waals surface area contributed by atoms with Crippen LogP contribution >= 0.6 is 12.2 Å². The van der Waals surface area contributed by atoms with Crippen molar-refractivity contribution in [2.24, 2.45) is 0 Å². The molecule has 1 atom stereocenters. The molecule has 1 N–H and O–H groups in total. The summed E-state index contributed by atoms with van der Waals surface area (Å²) in [4.78, 5) is 3.13. The van der Waals surface area contributed by atoms with Crippen molar-refractivity contribution in [1.82, 2.24) is 9.55 Å². The highest BCUT2D eigenvalue weighted by atomic mass is 32.1. The molecular formula is C12H20N2OS. The van der Waals surface area contributed by atoms with Crippen molar-refractivity contribution in [3.8, 4) is 0 Å². The lowest BCUT2D eigenvalue weighted by Gasteiger charge is -2.25. The minimum Gasteiger partial charge on any atom is -0.373 e. The standard InChI is InChI=1S/C12H20N2OS/c1-9(2)10-7-13-11(16)14(10)8-12(3)5-4-6-15-12/h7,9H,4-6,8H2,1-3H3,(H,13,16). The second-order valence-electron chi connectivity index (χ2n) is 5.16. The summed E-state index contributed by atoms with van der Waals surface area (Å²) in [7, 11) is 0. The van der Waals surface area contributed by atoms with E-state index in [-0.39, 0.29) is 5.60 Å². The second kappa shape index (κ2) is 4.34. The molecule has 0 radical (unpaired) electrons. The van der Waals surface area contributed by atoms with Crippen LogP contribution in [0, 0.1) is 4.77 Å². The average molecular weight is 240 g/mol. The molecule has 1 fully saturated rings. The molecule has 0 aliphatic carbocycles. The fourth-order valence-corrected chi connectivity index (χ4v) is 2.58. The van der Waals surface area contributed by atoms with Gasteiger partial charge in [-0.3, -0.25) is 0 Å². The van der Waals surface area contributed by atoms with E-state index in [4.69, 9.17) is 17.0 Å². The molecule has 0 aromatic carbocycles. The molecule has 1 aromatic rings. The van der Waals surface area contributed by atoms with Crippen LogP contribution in [0.5, 0.6) is 0 Å². The Morgan fingerprint density at radius 3 is 2.94 bits per heavy atom. The van der Waals surface area contributed by atoms with Crippen LogP contribution in [-0.2, 0) is 11.3 Å². The van der Waals surface area contributed by atoms with Gasteiger partial charge in [0.15, 0.2) is 4.77 Å². The Hall–Kier alpha value is -0.610. The number of imidazole rings is 1. The molecule has 16 heavy (non-hydrogen) atoms. The Bertz CT molecular complexity index is 413. The van der Waals surface area contributed by atoms with Gasteiger partial charge in [0.2, 0.25) is 0 Å². The second-order valence-corrected chi connectivity index (χ2v) is 5.55. The molecule has 0 spiro atoms. The Balaban J connectivity index is 2.26. The third-order valence-corrected chi connectivity index (χ3v) is 3.62. The lowest BCUT2D eigenvalue weighted by Crippen LogP contribution is -2.30. The highest BCUT2D eigenvalue weighted by Crippen LogP contribution is 2.28. The van der Waals surface area contributed by atoms with E-state index in [1.807, 2.05) is 6.20 Å². The van der Waals surface area contributed by atoms with E-state index in [2.05, 4.69) is 30.3 Å². The zero-order chi connectivity index (χ0) is 11.8. The summed E-state index contributed by atoms with van der Waals surface area (Å²) in [6.07, 6.45) is 4.30. The van der Waals surface area contributed by atoms with Crippen molar-refractivity contribution < 1.29 is 4.74 Å². The van der Waals surface area contributed by atoms with Crippen molar-refractivity contribution in [3.05, 3.63) is 16.7 Å². The number of nitrogens with zero attached hydrogens (tertiary/aromatic N) is 1. The number of aromatic nitrogens is 2. The summed E-state index contributed by atoms with van der Waals surface area (Å²) in [5.41, 5.74) is 1.23. The van der Waals surface area contributed by atoms with Crippen LogP contribution in [0.3, 0.4) is 0 Å². The molecular weight excluding hydrogens is 220 g/mol. The maximum absolute atomic E-state index is 5.82. The molecule has 1 saturated heterocycles. The van der Waals surface area contributed by atoms with Crippen molar-refractivity contribution in [2.75, 3.05) is 6.61 Å². The summed E-state index contributed by atoms with van der Waals surface area (Å²) >= 11 is 5.33. The first-order chi connectivity index (χ1) is 7.52. The largest absolute Gasteiger partial charge is 0.373 e. The van der Waals surface area contributed by atoms with Crippen LogP contribution in [0.15, 0.2) is 6.20 Å². The van der Waals surface area contributed by atoms with Gasteiger partial charge in [-0.2, -0.15) is 0 Å².